The Morgan fingerprint density at radius 2 is 2.05 bits per heavy atom. The number of ether oxygens (including phenoxy) is 1. The Bertz CT molecular complexity index is 468. The molecule has 0 heterocycles. The van der Waals surface area contributed by atoms with Gasteiger partial charge >= 0.3 is 5.97 Å². The average molecular weight is 264 g/mol. The normalized spacial score (nSPS) is 17.3. The first kappa shape index (κ1) is 13.7. The van der Waals surface area contributed by atoms with Crippen LogP contribution in [0.25, 0.3) is 0 Å². The molecule has 0 aliphatic heterocycles. The molecule has 5 heteroatoms. The van der Waals surface area contributed by atoms with E-state index in [1.165, 1.54) is 6.07 Å². The number of benzene rings is 1. The highest BCUT2D eigenvalue weighted by molar-refractivity contribution is 5.92. The van der Waals surface area contributed by atoms with Gasteiger partial charge < -0.3 is 21.3 Å². The van der Waals surface area contributed by atoms with Crippen molar-refractivity contribution in [3.05, 3.63) is 23.8 Å². The number of carboxylic acids is 1. The van der Waals surface area contributed by atoms with Crippen molar-refractivity contribution in [2.24, 2.45) is 11.1 Å². The lowest BCUT2D eigenvalue weighted by atomic mass is 9.87. The molecule has 0 radical (unpaired) electrons. The average Bonchev–Trinajstić information content (AvgIpc) is 2.86. The summed E-state index contributed by atoms with van der Waals surface area (Å²) >= 11 is 0. The number of carbonyl (C=O) groups is 1. The topological polar surface area (TPSA) is 98.6 Å². The summed E-state index contributed by atoms with van der Waals surface area (Å²) in [5, 5.41) is 9.14. The lowest BCUT2D eigenvalue weighted by Crippen LogP contribution is -2.33. The maximum atomic E-state index is 11.2. The van der Waals surface area contributed by atoms with Crippen molar-refractivity contribution in [2.75, 3.05) is 18.9 Å². The van der Waals surface area contributed by atoms with Crippen LogP contribution in [0, 0.1) is 5.41 Å². The van der Waals surface area contributed by atoms with E-state index in [4.69, 9.17) is 21.3 Å². The highest BCUT2D eigenvalue weighted by Gasteiger charge is 2.33. The van der Waals surface area contributed by atoms with Crippen LogP contribution in [0.4, 0.5) is 5.69 Å². The second-order valence-electron chi connectivity index (χ2n) is 5.26. The minimum atomic E-state index is -1.03. The Kier molecular flexibility index (Phi) is 3.95. The molecule has 0 bridgehead atoms. The van der Waals surface area contributed by atoms with E-state index in [1.54, 1.807) is 12.1 Å². The molecular formula is C14H20N2O3. The highest BCUT2D eigenvalue weighted by atomic mass is 16.5. The van der Waals surface area contributed by atoms with Crippen molar-refractivity contribution in [3.8, 4) is 5.75 Å². The van der Waals surface area contributed by atoms with E-state index in [9.17, 15) is 4.79 Å². The van der Waals surface area contributed by atoms with Crippen molar-refractivity contribution >= 4 is 11.7 Å². The van der Waals surface area contributed by atoms with Crippen LogP contribution in [0.3, 0.4) is 0 Å². The minimum Gasteiger partial charge on any atom is -0.492 e. The zero-order valence-electron chi connectivity index (χ0n) is 10.9. The van der Waals surface area contributed by atoms with Gasteiger partial charge in [0.1, 0.15) is 11.3 Å². The van der Waals surface area contributed by atoms with Crippen LogP contribution in [-0.2, 0) is 0 Å². The van der Waals surface area contributed by atoms with Crippen LogP contribution in [0.15, 0.2) is 18.2 Å². The summed E-state index contributed by atoms with van der Waals surface area (Å²) < 4.78 is 5.72. The third-order valence-electron chi connectivity index (χ3n) is 3.87. The third kappa shape index (κ3) is 2.98. The van der Waals surface area contributed by atoms with Gasteiger partial charge in [0.15, 0.2) is 0 Å². The third-order valence-corrected chi connectivity index (χ3v) is 3.87. The molecule has 5 N–H and O–H groups in total. The minimum absolute atomic E-state index is 0.00282. The van der Waals surface area contributed by atoms with Gasteiger partial charge in [-0.3, -0.25) is 0 Å². The Hall–Kier alpha value is -1.75. The van der Waals surface area contributed by atoms with E-state index >= 15 is 0 Å². The molecule has 104 valence electrons. The van der Waals surface area contributed by atoms with Crippen LogP contribution >= 0.6 is 0 Å². The van der Waals surface area contributed by atoms with Crippen molar-refractivity contribution in [3.63, 3.8) is 0 Å². The van der Waals surface area contributed by atoms with E-state index in [0.717, 1.165) is 25.7 Å². The Labute approximate surface area is 112 Å². The van der Waals surface area contributed by atoms with Gasteiger partial charge in [0.2, 0.25) is 0 Å². The Morgan fingerprint density at radius 3 is 2.63 bits per heavy atom. The molecule has 0 saturated heterocycles. The molecule has 1 fully saturated rings. The SMILES string of the molecule is NCC1(COc2ccc(N)cc2C(=O)O)CCCC1. The molecule has 1 aliphatic rings. The molecule has 2 rings (SSSR count). The van der Waals surface area contributed by atoms with E-state index in [1.807, 2.05) is 0 Å². The number of carboxylic acid groups (broad SMARTS) is 1. The van der Waals surface area contributed by atoms with E-state index in [-0.39, 0.29) is 11.0 Å². The first-order chi connectivity index (χ1) is 9.06. The standard InChI is InChI=1S/C14H20N2O3/c15-8-14(5-1-2-6-14)9-19-12-4-3-10(16)7-11(12)13(17)18/h3-4,7H,1-2,5-6,8-9,15-16H2,(H,17,18). The fraction of sp³-hybridized carbons (Fsp3) is 0.500. The lowest BCUT2D eigenvalue weighted by molar-refractivity contribution is 0.0688. The van der Waals surface area contributed by atoms with Gasteiger partial charge in [0.05, 0.1) is 6.61 Å². The quantitative estimate of drug-likeness (QED) is 0.705. The maximum absolute atomic E-state index is 11.2. The molecule has 1 aromatic rings. The summed E-state index contributed by atoms with van der Waals surface area (Å²) in [5.41, 5.74) is 12.0. The Balaban J connectivity index is 2.13. The van der Waals surface area contributed by atoms with Gasteiger partial charge in [-0.05, 0) is 31.0 Å². The number of aromatic carboxylic acids is 1. The summed E-state index contributed by atoms with van der Waals surface area (Å²) in [7, 11) is 0. The second-order valence-corrected chi connectivity index (χ2v) is 5.26. The van der Waals surface area contributed by atoms with Crippen LogP contribution in [0.1, 0.15) is 36.0 Å². The van der Waals surface area contributed by atoms with Gasteiger partial charge in [-0.25, -0.2) is 4.79 Å². The van der Waals surface area contributed by atoms with Crippen molar-refractivity contribution in [2.45, 2.75) is 25.7 Å². The second kappa shape index (κ2) is 5.48. The van der Waals surface area contributed by atoms with Crippen LogP contribution in [-0.4, -0.2) is 24.2 Å². The van der Waals surface area contributed by atoms with Gasteiger partial charge in [-0.15, -0.1) is 0 Å². The first-order valence-electron chi connectivity index (χ1n) is 6.52. The van der Waals surface area contributed by atoms with Gasteiger partial charge in [0.25, 0.3) is 0 Å². The number of hydrogen-bond acceptors (Lipinski definition) is 4. The fourth-order valence-electron chi connectivity index (χ4n) is 2.60. The molecule has 0 spiro atoms. The number of rotatable bonds is 5. The Morgan fingerprint density at radius 1 is 1.37 bits per heavy atom. The van der Waals surface area contributed by atoms with E-state index in [0.29, 0.717) is 24.6 Å². The number of nitrogen functional groups attached to an aromatic ring is 1. The number of anilines is 1. The van der Waals surface area contributed by atoms with Crippen LogP contribution < -0.4 is 16.2 Å². The molecule has 0 atom stereocenters. The van der Waals surface area contributed by atoms with Gasteiger partial charge in [0, 0.05) is 17.6 Å². The lowest BCUT2D eigenvalue weighted by Gasteiger charge is -2.27. The molecule has 0 aromatic heterocycles. The van der Waals surface area contributed by atoms with Crippen LogP contribution in [0.2, 0.25) is 0 Å². The molecule has 1 aliphatic carbocycles. The zero-order valence-corrected chi connectivity index (χ0v) is 10.9. The molecule has 19 heavy (non-hydrogen) atoms. The highest BCUT2D eigenvalue weighted by Crippen LogP contribution is 2.38. The monoisotopic (exact) mass is 264 g/mol. The first-order valence-corrected chi connectivity index (χ1v) is 6.52. The molecule has 0 amide bonds. The summed E-state index contributed by atoms with van der Waals surface area (Å²) in [6.45, 7) is 1.04. The van der Waals surface area contributed by atoms with Crippen molar-refractivity contribution in [1.29, 1.82) is 0 Å². The predicted molar refractivity (Wildman–Crippen MR) is 73.3 cm³/mol. The van der Waals surface area contributed by atoms with Crippen LogP contribution in [0.5, 0.6) is 5.75 Å². The maximum Gasteiger partial charge on any atom is 0.339 e. The number of hydrogen-bond donors (Lipinski definition) is 3. The van der Waals surface area contributed by atoms with Crippen molar-refractivity contribution < 1.29 is 14.6 Å². The summed E-state index contributed by atoms with van der Waals surface area (Å²) in [5.74, 6) is -0.669. The number of nitrogens with two attached hydrogens (primary N) is 2. The largest absolute Gasteiger partial charge is 0.492 e. The predicted octanol–water partition coefficient (Wildman–Crippen LogP) is 1.86. The van der Waals surface area contributed by atoms with E-state index < -0.39 is 5.97 Å². The summed E-state index contributed by atoms with van der Waals surface area (Å²) in [6.07, 6.45) is 4.41. The molecule has 5 nitrogen and oxygen atoms in total. The smallest absolute Gasteiger partial charge is 0.339 e. The molecule has 1 aromatic carbocycles. The van der Waals surface area contributed by atoms with Gasteiger partial charge in [-0.1, -0.05) is 12.8 Å². The molecule has 0 unspecified atom stereocenters. The molecule has 1 saturated carbocycles. The van der Waals surface area contributed by atoms with Gasteiger partial charge in [-0.2, -0.15) is 0 Å². The summed E-state index contributed by atoms with van der Waals surface area (Å²) in [6, 6.07) is 4.67. The molecular weight excluding hydrogens is 244 g/mol. The zero-order chi connectivity index (χ0) is 13.9. The summed E-state index contributed by atoms with van der Waals surface area (Å²) in [4.78, 5) is 11.2. The fourth-order valence-corrected chi connectivity index (χ4v) is 2.60. The van der Waals surface area contributed by atoms with E-state index in [2.05, 4.69) is 0 Å². The van der Waals surface area contributed by atoms with Crippen molar-refractivity contribution in [1.82, 2.24) is 0 Å².